The molecule has 0 radical (unpaired) electrons. The molecule has 0 bridgehead atoms. The molecule has 0 spiro atoms. The zero-order valence-corrected chi connectivity index (χ0v) is 12.1. The Labute approximate surface area is 115 Å². The fourth-order valence-electron chi connectivity index (χ4n) is 1.59. The van der Waals surface area contributed by atoms with Crippen LogP contribution in [0.4, 0.5) is 4.39 Å². The van der Waals surface area contributed by atoms with Gasteiger partial charge in [-0.1, -0.05) is 22.9 Å². The highest BCUT2D eigenvalue weighted by Crippen LogP contribution is 2.17. The van der Waals surface area contributed by atoms with Crippen LogP contribution in [0.25, 0.3) is 0 Å². The number of methoxy groups -OCH3 is 1. The van der Waals surface area contributed by atoms with E-state index in [1.807, 2.05) is 6.92 Å². The Morgan fingerprint density at radius 3 is 2.78 bits per heavy atom. The van der Waals surface area contributed by atoms with Gasteiger partial charge in [0.1, 0.15) is 0 Å². The molecule has 0 saturated heterocycles. The number of alkyl halides is 1. The van der Waals surface area contributed by atoms with E-state index in [2.05, 4.69) is 21.2 Å². The second-order valence-corrected chi connectivity index (χ2v) is 4.70. The SMILES string of the molecule is CCC(CCBr)NC(=O)c1ccc(OC)c(F)c1. The van der Waals surface area contributed by atoms with E-state index in [1.54, 1.807) is 6.07 Å². The van der Waals surface area contributed by atoms with Crippen molar-refractivity contribution in [2.24, 2.45) is 0 Å². The topological polar surface area (TPSA) is 38.3 Å². The van der Waals surface area contributed by atoms with Gasteiger partial charge in [0.05, 0.1) is 7.11 Å². The monoisotopic (exact) mass is 317 g/mol. The number of carbonyl (C=O) groups excluding carboxylic acids is 1. The maximum absolute atomic E-state index is 13.5. The highest BCUT2D eigenvalue weighted by molar-refractivity contribution is 9.09. The largest absolute Gasteiger partial charge is 0.494 e. The maximum Gasteiger partial charge on any atom is 0.251 e. The molecule has 5 heteroatoms. The summed E-state index contributed by atoms with van der Waals surface area (Å²) in [6, 6.07) is 4.30. The minimum atomic E-state index is -0.529. The highest BCUT2D eigenvalue weighted by atomic mass is 79.9. The number of nitrogens with one attached hydrogen (secondary N) is 1. The Balaban J connectivity index is 2.74. The number of ether oxygens (including phenoxy) is 1. The molecule has 1 unspecified atom stereocenters. The molecule has 0 aliphatic rings. The zero-order chi connectivity index (χ0) is 13.5. The molecule has 0 aromatic heterocycles. The first-order valence-corrected chi connectivity index (χ1v) is 6.94. The van der Waals surface area contributed by atoms with E-state index in [9.17, 15) is 9.18 Å². The van der Waals surface area contributed by atoms with Gasteiger partial charge in [-0.05, 0) is 31.0 Å². The first kappa shape index (κ1) is 15.0. The van der Waals surface area contributed by atoms with Crippen molar-refractivity contribution in [1.29, 1.82) is 0 Å². The number of hydrogen-bond acceptors (Lipinski definition) is 2. The molecular weight excluding hydrogens is 301 g/mol. The average molecular weight is 318 g/mol. The van der Waals surface area contributed by atoms with Crippen LogP contribution in [0.15, 0.2) is 18.2 Å². The Kier molecular flexibility index (Phi) is 6.12. The van der Waals surface area contributed by atoms with Gasteiger partial charge in [0.15, 0.2) is 11.6 Å². The van der Waals surface area contributed by atoms with Gasteiger partial charge in [-0.15, -0.1) is 0 Å². The minimum absolute atomic E-state index is 0.0991. The van der Waals surface area contributed by atoms with Gasteiger partial charge in [0.25, 0.3) is 5.91 Å². The van der Waals surface area contributed by atoms with Crippen molar-refractivity contribution in [3.63, 3.8) is 0 Å². The lowest BCUT2D eigenvalue weighted by Gasteiger charge is -2.15. The Hall–Kier alpha value is -1.10. The van der Waals surface area contributed by atoms with Crippen LogP contribution < -0.4 is 10.1 Å². The number of rotatable bonds is 6. The second-order valence-electron chi connectivity index (χ2n) is 3.91. The molecule has 1 aromatic carbocycles. The van der Waals surface area contributed by atoms with Crippen LogP contribution in [0, 0.1) is 5.82 Å². The molecule has 1 aromatic rings. The van der Waals surface area contributed by atoms with Crippen LogP contribution in [0.2, 0.25) is 0 Å². The molecule has 1 amide bonds. The van der Waals surface area contributed by atoms with E-state index in [0.29, 0.717) is 5.56 Å². The van der Waals surface area contributed by atoms with Gasteiger partial charge in [0, 0.05) is 16.9 Å². The van der Waals surface area contributed by atoms with E-state index < -0.39 is 5.82 Å². The molecule has 0 heterocycles. The summed E-state index contributed by atoms with van der Waals surface area (Å²) >= 11 is 3.34. The van der Waals surface area contributed by atoms with Crippen LogP contribution in [0.1, 0.15) is 30.1 Å². The standard InChI is InChI=1S/C13H17BrFNO2/c1-3-10(6-7-14)16-13(17)9-4-5-12(18-2)11(15)8-9/h4-5,8,10H,3,6-7H2,1-2H3,(H,16,17). The van der Waals surface area contributed by atoms with Crippen LogP contribution in [0.5, 0.6) is 5.75 Å². The molecule has 0 aliphatic carbocycles. The van der Waals surface area contributed by atoms with E-state index in [1.165, 1.54) is 19.2 Å². The maximum atomic E-state index is 13.5. The number of amides is 1. The van der Waals surface area contributed by atoms with Gasteiger partial charge in [-0.3, -0.25) is 4.79 Å². The Morgan fingerprint density at radius 1 is 1.56 bits per heavy atom. The molecule has 0 saturated carbocycles. The predicted molar refractivity (Wildman–Crippen MR) is 72.9 cm³/mol. The molecular formula is C13H17BrFNO2. The van der Waals surface area contributed by atoms with Crippen molar-refractivity contribution in [3.05, 3.63) is 29.6 Å². The Morgan fingerprint density at radius 2 is 2.28 bits per heavy atom. The Bertz CT molecular complexity index is 412. The molecule has 1 atom stereocenters. The third-order valence-electron chi connectivity index (χ3n) is 2.70. The molecule has 1 rings (SSSR count). The number of carbonyl (C=O) groups is 1. The smallest absolute Gasteiger partial charge is 0.251 e. The summed E-state index contributed by atoms with van der Waals surface area (Å²) in [7, 11) is 1.39. The molecule has 3 nitrogen and oxygen atoms in total. The van der Waals surface area contributed by atoms with Crippen molar-refractivity contribution >= 4 is 21.8 Å². The van der Waals surface area contributed by atoms with Gasteiger partial charge in [-0.25, -0.2) is 4.39 Å². The summed E-state index contributed by atoms with van der Waals surface area (Å²) in [6.07, 6.45) is 1.69. The van der Waals surface area contributed by atoms with Crippen molar-refractivity contribution in [2.75, 3.05) is 12.4 Å². The summed E-state index contributed by atoms with van der Waals surface area (Å²) in [5.74, 6) is -0.651. The highest BCUT2D eigenvalue weighted by Gasteiger charge is 2.13. The molecule has 100 valence electrons. The number of halogens is 2. The quantitative estimate of drug-likeness (QED) is 0.819. The summed E-state index contributed by atoms with van der Waals surface area (Å²) in [5, 5.41) is 3.69. The van der Waals surface area contributed by atoms with Crippen LogP contribution in [-0.2, 0) is 0 Å². The first-order chi connectivity index (χ1) is 8.62. The molecule has 0 fully saturated rings. The summed E-state index contributed by atoms with van der Waals surface area (Å²) in [6.45, 7) is 2.00. The molecule has 1 N–H and O–H groups in total. The zero-order valence-electron chi connectivity index (χ0n) is 10.5. The average Bonchev–Trinajstić information content (AvgIpc) is 2.37. The summed E-state index contributed by atoms with van der Waals surface area (Å²) in [4.78, 5) is 11.9. The second kappa shape index (κ2) is 7.36. The van der Waals surface area contributed by atoms with Crippen molar-refractivity contribution < 1.29 is 13.9 Å². The number of benzene rings is 1. The molecule has 0 aliphatic heterocycles. The van der Waals surface area contributed by atoms with E-state index in [-0.39, 0.29) is 17.7 Å². The predicted octanol–water partition coefficient (Wildman–Crippen LogP) is 3.13. The molecule has 18 heavy (non-hydrogen) atoms. The van der Waals surface area contributed by atoms with Crippen molar-refractivity contribution in [3.8, 4) is 5.75 Å². The van der Waals surface area contributed by atoms with Crippen molar-refractivity contribution in [2.45, 2.75) is 25.8 Å². The lowest BCUT2D eigenvalue weighted by Crippen LogP contribution is -2.34. The van der Waals surface area contributed by atoms with Gasteiger partial charge in [0.2, 0.25) is 0 Å². The van der Waals surface area contributed by atoms with Crippen LogP contribution in [0.3, 0.4) is 0 Å². The third kappa shape index (κ3) is 3.98. The fourth-order valence-corrected chi connectivity index (χ4v) is 2.14. The number of hydrogen-bond donors (Lipinski definition) is 1. The van der Waals surface area contributed by atoms with Gasteiger partial charge in [-0.2, -0.15) is 0 Å². The third-order valence-corrected chi connectivity index (χ3v) is 3.16. The first-order valence-electron chi connectivity index (χ1n) is 5.82. The van der Waals surface area contributed by atoms with Gasteiger partial charge >= 0.3 is 0 Å². The summed E-state index contributed by atoms with van der Waals surface area (Å²) < 4.78 is 18.3. The van der Waals surface area contributed by atoms with Crippen LogP contribution in [-0.4, -0.2) is 24.4 Å². The van der Waals surface area contributed by atoms with E-state index in [0.717, 1.165) is 18.2 Å². The summed E-state index contributed by atoms with van der Waals surface area (Å²) in [5.41, 5.74) is 0.307. The van der Waals surface area contributed by atoms with Gasteiger partial charge < -0.3 is 10.1 Å². The van der Waals surface area contributed by atoms with Crippen molar-refractivity contribution in [1.82, 2.24) is 5.32 Å². The van der Waals surface area contributed by atoms with E-state index >= 15 is 0 Å². The lowest BCUT2D eigenvalue weighted by molar-refractivity contribution is 0.0934. The lowest BCUT2D eigenvalue weighted by atomic mass is 10.1. The fraction of sp³-hybridized carbons (Fsp3) is 0.462. The van der Waals surface area contributed by atoms with Crippen LogP contribution >= 0.6 is 15.9 Å². The minimum Gasteiger partial charge on any atom is -0.494 e. The van der Waals surface area contributed by atoms with E-state index in [4.69, 9.17) is 4.74 Å². The normalized spacial score (nSPS) is 12.0.